The maximum absolute atomic E-state index is 3.52. The van der Waals surface area contributed by atoms with E-state index in [-0.39, 0.29) is 0 Å². The van der Waals surface area contributed by atoms with Gasteiger partial charge in [0.15, 0.2) is 0 Å². The van der Waals surface area contributed by atoms with E-state index in [1.54, 1.807) is 0 Å². The molecule has 0 radical (unpaired) electrons. The zero-order valence-corrected chi connectivity index (χ0v) is 9.39. The molecule has 2 heteroatoms. The number of hydrogen-bond acceptors (Lipinski definition) is 1. The third-order valence-electron chi connectivity index (χ3n) is 2.66. The molecule has 1 N–H and O–H groups in total. The average molecular weight is 240 g/mol. The third kappa shape index (κ3) is 1.94. The molecule has 0 aromatic heterocycles. The fourth-order valence-corrected chi connectivity index (χ4v) is 2.28. The minimum absolute atomic E-state index is 0.634. The summed E-state index contributed by atoms with van der Waals surface area (Å²) in [5.41, 5.74) is 3.00. The molecule has 1 atom stereocenters. The SMILES string of the molecule is C[C@@H]1CNCCc2ccc(Br)cc21. The number of halogens is 1. The van der Waals surface area contributed by atoms with Gasteiger partial charge >= 0.3 is 0 Å². The lowest BCUT2D eigenvalue weighted by molar-refractivity contribution is 0.644. The van der Waals surface area contributed by atoms with Gasteiger partial charge in [-0.3, -0.25) is 0 Å². The highest BCUT2D eigenvalue weighted by Gasteiger charge is 2.13. The minimum atomic E-state index is 0.634. The van der Waals surface area contributed by atoms with Crippen LogP contribution in [-0.4, -0.2) is 13.1 Å². The summed E-state index contributed by atoms with van der Waals surface area (Å²) >= 11 is 3.52. The second-order valence-corrected chi connectivity index (χ2v) is 4.61. The molecule has 0 spiro atoms. The molecule has 1 aromatic rings. The second-order valence-electron chi connectivity index (χ2n) is 3.70. The van der Waals surface area contributed by atoms with Gasteiger partial charge in [0.05, 0.1) is 0 Å². The highest BCUT2D eigenvalue weighted by molar-refractivity contribution is 9.10. The zero-order chi connectivity index (χ0) is 9.26. The van der Waals surface area contributed by atoms with E-state index in [1.165, 1.54) is 15.6 Å². The fourth-order valence-electron chi connectivity index (χ4n) is 1.90. The Morgan fingerprint density at radius 3 is 3.15 bits per heavy atom. The van der Waals surface area contributed by atoms with Crippen molar-refractivity contribution < 1.29 is 0 Å². The van der Waals surface area contributed by atoms with Crippen LogP contribution < -0.4 is 5.32 Å². The van der Waals surface area contributed by atoms with Crippen molar-refractivity contribution in [2.75, 3.05) is 13.1 Å². The Kier molecular flexibility index (Phi) is 2.70. The molecule has 0 bridgehead atoms. The fraction of sp³-hybridized carbons (Fsp3) is 0.455. The summed E-state index contributed by atoms with van der Waals surface area (Å²) in [6.45, 7) is 4.49. The van der Waals surface area contributed by atoms with Gasteiger partial charge in [0.25, 0.3) is 0 Å². The van der Waals surface area contributed by atoms with Gasteiger partial charge in [-0.25, -0.2) is 0 Å². The Morgan fingerprint density at radius 1 is 1.46 bits per heavy atom. The summed E-state index contributed by atoms with van der Waals surface area (Å²) in [5.74, 6) is 0.634. The van der Waals surface area contributed by atoms with Gasteiger partial charge < -0.3 is 5.32 Å². The van der Waals surface area contributed by atoms with Gasteiger partial charge in [-0.05, 0) is 42.1 Å². The highest BCUT2D eigenvalue weighted by atomic mass is 79.9. The topological polar surface area (TPSA) is 12.0 Å². The quantitative estimate of drug-likeness (QED) is 0.735. The molecule has 70 valence electrons. The van der Waals surface area contributed by atoms with Crippen molar-refractivity contribution in [3.05, 3.63) is 33.8 Å². The van der Waals surface area contributed by atoms with Crippen LogP contribution in [0.3, 0.4) is 0 Å². The molecular weight excluding hydrogens is 226 g/mol. The first kappa shape index (κ1) is 9.22. The van der Waals surface area contributed by atoms with Gasteiger partial charge in [0, 0.05) is 11.0 Å². The molecule has 0 aliphatic carbocycles. The first-order valence-electron chi connectivity index (χ1n) is 4.76. The number of nitrogens with one attached hydrogen (secondary N) is 1. The zero-order valence-electron chi connectivity index (χ0n) is 7.81. The summed E-state index contributed by atoms with van der Waals surface area (Å²) < 4.78 is 1.19. The second kappa shape index (κ2) is 3.81. The molecule has 0 amide bonds. The van der Waals surface area contributed by atoms with Crippen molar-refractivity contribution in [2.45, 2.75) is 19.3 Å². The van der Waals surface area contributed by atoms with Crippen LogP contribution >= 0.6 is 15.9 Å². The van der Waals surface area contributed by atoms with Crippen LogP contribution in [0.4, 0.5) is 0 Å². The molecule has 2 rings (SSSR count). The Balaban J connectivity index is 2.43. The minimum Gasteiger partial charge on any atom is -0.316 e. The van der Waals surface area contributed by atoms with Gasteiger partial charge in [0.1, 0.15) is 0 Å². The molecule has 0 unspecified atom stereocenters. The monoisotopic (exact) mass is 239 g/mol. The van der Waals surface area contributed by atoms with Crippen LogP contribution in [0.15, 0.2) is 22.7 Å². The number of hydrogen-bond donors (Lipinski definition) is 1. The Labute approximate surface area is 87.7 Å². The summed E-state index contributed by atoms with van der Waals surface area (Å²) in [4.78, 5) is 0. The Hall–Kier alpha value is -0.340. The van der Waals surface area contributed by atoms with E-state index in [4.69, 9.17) is 0 Å². The lowest BCUT2D eigenvalue weighted by atomic mass is 9.96. The largest absolute Gasteiger partial charge is 0.316 e. The van der Waals surface area contributed by atoms with Crippen LogP contribution in [0.25, 0.3) is 0 Å². The van der Waals surface area contributed by atoms with Gasteiger partial charge in [-0.2, -0.15) is 0 Å². The predicted molar refractivity (Wildman–Crippen MR) is 59.1 cm³/mol. The Morgan fingerprint density at radius 2 is 2.31 bits per heavy atom. The smallest absolute Gasteiger partial charge is 0.0178 e. The predicted octanol–water partition coefficient (Wildman–Crippen LogP) is 2.70. The van der Waals surface area contributed by atoms with E-state index in [9.17, 15) is 0 Å². The maximum Gasteiger partial charge on any atom is 0.0178 e. The van der Waals surface area contributed by atoms with Crippen LogP contribution in [0.5, 0.6) is 0 Å². The number of benzene rings is 1. The van der Waals surface area contributed by atoms with Crippen molar-refractivity contribution in [1.29, 1.82) is 0 Å². The molecule has 1 aliphatic heterocycles. The van der Waals surface area contributed by atoms with Gasteiger partial charge in [-0.15, -0.1) is 0 Å². The van der Waals surface area contributed by atoms with E-state index in [0.717, 1.165) is 19.5 Å². The van der Waals surface area contributed by atoms with Crippen LogP contribution in [0, 0.1) is 0 Å². The third-order valence-corrected chi connectivity index (χ3v) is 3.15. The van der Waals surface area contributed by atoms with Crippen molar-refractivity contribution in [3.63, 3.8) is 0 Å². The average Bonchev–Trinajstić information content (AvgIpc) is 2.29. The van der Waals surface area contributed by atoms with Crippen molar-refractivity contribution in [2.24, 2.45) is 0 Å². The first-order valence-corrected chi connectivity index (χ1v) is 5.55. The summed E-state index contributed by atoms with van der Waals surface area (Å²) in [7, 11) is 0. The number of rotatable bonds is 0. The van der Waals surface area contributed by atoms with Crippen molar-refractivity contribution in [1.82, 2.24) is 5.32 Å². The van der Waals surface area contributed by atoms with Gasteiger partial charge in [-0.1, -0.05) is 28.9 Å². The van der Waals surface area contributed by atoms with Crippen LogP contribution in [0.2, 0.25) is 0 Å². The van der Waals surface area contributed by atoms with Crippen LogP contribution in [-0.2, 0) is 6.42 Å². The standard InChI is InChI=1S/C11H14BrN/c1-8-7-13-5-4-9-2-3-10(12)6-11(8)9/h2-3,6,8,13H,4-5,7H2,1H3/t8-/m1/s1. The van der Waals surface area contributed by atoms with E-state index < -0.39 is 0 Å². The lowest BCUT2D eigenvalue weighted by Gasteiger charge is -2.12. The van der Waals surface area contributed by atoms with E-state index in [1.807, 2.05) is 0 Å². The molecule has 0 saturated heterocycles. The molecule has 1 aliphatic rings. The highest BCUT2D eigenvalue weighted by Crippen LogP contribution is 2.25. The van der Waals surface area contributed by atoms with Gasteiger partial charge in [0.2, 0.25) is 0 Å². The normalized spacial score (nSPS) is 22.2. The molecule has 13 heavy (non-hydrogen) atoms. The maximum atomic E-state index is 3.52. The molecule has 0 saturated carbocycles. The first-order chi connectivity index (χ1) is 6.27. The summed E-state index contributed by atoms with van der Waals surface area (Å²) in [5, 5.41) is 3.45. The summed E-state index contributed by atoms with van der Waals surface area (Å²) in [6.07, 6.45) is 1.16. The molecule has 0 fully saturated rings. The lowest BCUT2D eigenvalue weighted by Crippen LogP contribution is -2.18. The molecule has 1 heterocycles. The van der Waals surface area contributed by atoms with Crippen molar-refractivity contribution in [3.8, 4) is 0 Å². The van der Waals surface area contributed by atoms with E-state index >= 15 is 0 Å². The molecular formula is C11H14BrN. The van der Waals surface area contributed by atoms with Crippen LogP contribution in [0.1, 0.15) is 24.0 Å². The van der Waals surface area contributed by atoms with E-state index in [2.05, 4.69) is 46.4 Å². The Bertz CT molecular complexity index is 309. The molecule has 1 nitrogen and oxygen atoms in total. The summed E-state index contributed by atoms with van der Waals surface area (Å²) in [6, 6.07) is 6.63. The number of fused-ring (bicyclic) bond motifs is 1. The molecule has 1 aromatic carbocycles. The van der Waals surface area contributed by atoms with Crippen molar-refractivity contribution >= 4 is 15.9 Å². The van der Waals surface area contributed by atoms with E-state index in [0.29, 0.717) is 5.92 Å².